The van der Waals surface area contributed by atoms with Crippen LogP contribution in [0.1, 0.15) is 36.8 Å². The van der Waals surface area contributed by atoms with Gasteiger partial charge in [0.1, 0.15) is 12.0 Å². The van der Waals surface area contributed by atoms with Crippen LogP contribution in [0.3, 0.4) is 0 Å². The number of imidazole rings is 1. The van der Waals surface area contributed by atoms with E-state index >= 15 is 0 Å². The molecule has 2 aromatic carbocycles. The SMILES string of the molecule is O=C(CCC1(c2ccc(Br)cc2)c2ccccc2-c2nccn21)N1CCC(F)CC1. The lowest BCUT2D eigenvalue weighted by atomic mass is 9.79. The molecular weight excluding hydrogens is 445 g/mol. The number of amides is 1. The Labute approximate surface area is 183 Å². The van der Waals surface area contributed by atoms with E-state index in [0.29, 0.717) is 38.8 Å². The highest BCUT2D eigenvalue weighted by molar-refractivity contribution is 9.10. The van der Waals surface area contributed by atoms with Crippen molar-refractivity contribution in [1.29, 1.82) is 0 Å². The molecule has 154 valence electrons. The van der Waals surface area contributed by atoms with E-state index in [-0.39, 0.29) is 5.91 Å². The predicted octanol–water partition coefficient (Wildman–Crippen LogP) is 5.16. The number of likely N-dealkylation sites (tertiary alicyclic amines) is 1. The highest BCUT2D eigenvalue weighted by atomic mass is 79.9. The summed E-state index contributed by atoms with van der Waals surface area (Å²) in [4.78, 5) is 19.5. The lowest BCUT2D eigenvalue weighted by Crippen LogP contribution is -2.41. The molecule has 1 atom stereocenters. The third-order valence-corrected chi connectivity index (χ3v) is 6.99. The number of hydrogen-bond acceptors (Lipinski definition) is 2. The molecule has 3 heterocycles. The number of alkyl halides is 1. The van der Waals surface area contributed by atoms with Crippen LogP contribution >= 0.6 is 15.9 Å². The fraction of sp³-hybridized carbons (Fsp3) is 0.333. The Hall–Kier alpha value is -2.47. The number of nitrogens with zero attached hydrogens (tertiary/aromatic N) is 3. The number of aromatic nitrogens is 2. The smallest absolute Gasteiger partial charge is 0.222 e. The molecule has 30 heavy (non-hydrogen) atoms. The van der Waals surface area contributed by atoms with E-state index in [0.717, 1.165) is 21.4 Å². The number of hydrogen-bond donors (Lipinski definition) is 0. The molecule has 0 spiro atoms. The molecular formula is C24H23BrFN3O. The van der Waals surface area contributed by atoms with Crippen molar-refractivity contribution in [2.24, 2.45) is 0 Å². The zero-order chi connectivity index (χ0) is 20.7. The molecule has 1 aromatic heterocycles. The Bertz CT molecular complexity index is 1070. The minimum Gasteiger partial charge on any atom is -0.342 e. The van der Waals surface area contributed by atoms with Crippen LogP contribution in [0.4, 0.5) is 4.39 Å². The van der Waals surface area contributed by atoms with Gasteiger partial charge in [0, 0.05) is 41.9 Å². The van der Waals surface area contributed by atoms with Crippen LogP contribution in [0.5, 0.6) is 0 Å². The van der Waals surface area contributed by atoms with Crippen LogP contribution in [-0.2, 0) is 10.3 Å². The van der Waals surface area contributed by atoms with Gasteiger partial charge in [-0.3, -0.25) is 4.79 Å². The molecule has 0 saturated carbocycles. The summed E-state index contributed by atoms with van der Waals surface area (Å²) in [5, 5.41) is 0. The summed E-state index contributed by atoms with van der Waals surface area (Å²) in [5.41, 5.74) is 2.92. The van der Waals surface area contributed by atoms with Gasteiger partial charge < -0.3 is 9.47 Å². The van der Waals surface area contributed by atoms with Crippen molar-refractivity contribution < 1.29 is 9.18 Å². The lowest BCUT2D eigenvalue weighted by Gasteiger charge is -2.35. The van der Waals surface area contributed by atoms with Crippen molar-refractivity contribution in [3.63, 3.8) is 0 Å². The first-order valence-electron chi connectivity index (χ1n) is 10.4. The van der Waals surface area contributed by atoms with E-state index in [1.807, 2.05) is 41.6 Å². The van der Waals surface area contributed by atoms with Gasteiger partial charge in [-0.15, -0.1) is 0 Å². The van der Waals surface area contributed by atoms with Crippen molar-refractivity contribution in [1.82, 2.24) is 14.5 Å². The van der Waals surface area contributed by atoms with E-state index in [2.05, 4.69) is 49.7 Å². The van der Waals surface area contributed by atoms with Gasteiger partial charge in [-0.2, -0.15) is 0 Å². The highest BCUT2D eigenvalue weighted by Gasteiger charge is 2.45. The van der Waals surface area contributed by atoms with Gasteiger partial charge in [0.25, 0.3) is 0 Å². The topological polar surface area (TPSA) is 38.1 Å². The first kappa shape index (κ1) is 19.5. The molecule has 1 saturated heterocycles. The third kappa shape index (κ3) is 3.09. The summed E-state index contributed by atoms with van der Waals surface area (Å²) in [6, 6.07) is 16.7. The maximum Gasteiger partial charge on any atom is 0.222 e. The van der Waals surface area contributed by atoms with Crippen LogP contribution in [0.25, 0.3) is 11.4 Å². The minimum absolute atomic E-state index is 0.101. The van der Waals surface area contributed by atoms with Gasteiger partial charge in [-0.1, -0.05) is 52.3 Å². The zero-order valence-corrected chi connectivity index (χ0v) is 18.2. The average molecular weight is 468 g/mol. The Morgan fingerprint density at radius 3 is 2.63 bits per heavy atom. The summed E-state index contributed by atoms with van der Waals surface area (Å²) in [7, 11) is 0. The summed E-state index contributed by atoms with van der Waals surface area (Å²) in [6.07, 6.45) is 4.97. The second-order valence-corrected chi connectivity index (χ2v) is 9.00. The number of carbonyl (C=O) groups excluding carboxylic acids is 1. The normalized spacial score (nSPS) is 20.8. The van der Waals surface area contributed by atoms with Crippen molar-refractivity contribution in [2.45, 2.75) is 37.4 Å². The largest absolute Gasteiger partial charge is 0.342 e. The fourth-order valence-electron chi connectivity index (χ4n) is 4.94. The second kappa shape index (κ2) is 7.65. The second-order valence-electron chi connectivity index (χ2n) is 8.09. The number of rotatable bonds is 4. The van der Waals surface area contributed by atoms with E-state index in [9.17, 15) is 9.18 Å². The van der Waals surface area contributed by atoms with Crippen LogP contribution in [-0.4, -0.2) is 39.6 Å². The van der Waals surface area contributed by atoms with Crippen molar-refractivity contribution in [3.05, 3.63) is 76.5 Å². The quantitative estimate of drug-likeness (QED) is 0.531. The zero-order valence-electron chi connectivity index (χ0n) is 16.6. The summed E-state index contributed by atoms with van der Waals surface area (Å²) in [6.45, 7) is 1.02. The standard InChI is InChI=1S/C24H23BrFN3O/c25-18-7-5-17(6-8-18)24(12-9-22(30)28-14-10-19(26)11-15-28)21-4-2-1-3-20(21)23-27-13-16-29(23)24/h1-8,13,16,19H,9-12,14-15H2. The van der Waals surface area contributed by atoms with E-state index in [4.69, 9.17) is 0 Å². The summed E-state index contributed by atoms with van der Waals surface area (Å²) >= 11 is 3.54. The maximum absolute atomic E-state index is 13.5. The lowest BCUT2D eigenvalue weighted by molar-refractivity contribution is -0.133. The molecule has 1 unspecified atom stereocenters. The van der Waals surface area contributed by atoms with Crippen LogP contribution in [0.15, 0.2) is 65.4 Å². The molecule has 1 fully saturated rings. The Kier molecular flexibility index (Phi) is 4.97. The van der Waals surface area contributed by atoms with Gasteiger partial charge >= 0.3 is 0 Å². The first-order valence-corrected chi connectivity index (χ1v) is 11.2. The third-order valence-electron chi connectivity index (χ3n) is 6.47. The maximum atomic E-state index is 13.5. The fourth-order valence-corrected chi connectivity index (χ4v) is 5.21. The van der Waals surface area contributed by atoms with Gasteiger partial charge in [-0.05, 0) is 42.5 Å². The summed E-state index contributed by atoms with van der Waals surface area (Å²) < 4.78 is 16.7. The molecule has 0 N–H and O–H groups in total. The van der Waals surface area contributed by atoms with Crippen LogP contribution < -0.4 is 0 Å². The molecule has 0 aliphatic carbocycles. The molecule has 2 aliphatic heterocycles. The molecule has 5 rings (SSSR count). The molecule has 0 bridgehead atoms. The minimum atomic E-state index is -0.779. The van der Waals surface area contributed by atoms with Crippen LogP contribution in [0, 0.1) is 0 Å². The van der Waals surface area contributed by atoms with E-state index in [1.165, 1.54) is 5.56 Å². The molecule has 0 radical (unpaired) electrons. The molecule has 3 aromatic rings. The van der Waals surface area contributed by atoms with Crippen LogP contribution in [0.2, 0.25) is 0 Å². The van der Waals surface area contributed by atoms with Gasteiger partial charge in [-0.25, -0.2) is 9.37 Å². The van der Waals surface area contributed by atoms with Crippen molar-refractivity contribution in [2.75, 3.05) is 13.1 Å². The Morgan fingerprint density at radius 2 is 1.87 bits per heavy atom. The predicted molar refractivity (Wildman–Crippen MR) is 118 cm³/mol. The highest BCUT2D eigenvalue weighted by Crippen LogP contribution is 2.49. The molecule has 6 heteroatoms. The number of carbonyl (C=O) groups is 1. The van der Waals surface area contributed by atoms with Gasteiger partial charge in [0.05, 0.1) is 5.54 Å². The number of piperidine rings is 1. The van der Waals surface area contributed by atoms with Crippen molar-refractivity contribution in [3.8, 4) is 11.4 Å². The van der Waals surface area contributed by atoms with E-state index < -0.39 is 11.7 Å². The van der Waals surface area contributed by atoms with Crippen molar-refractivity contribution >= 4 is 21.8 Å². The average Bonchev–Trinajstić information content (AvgIpc) is 3.35. The summed E-state index contributed by atoms with van der Waals surface area (Å²) in [5.74, 6) is 1.03. The van der Waals surface area contributed by atoms with Gasteiger partial charge in [0.2, 0.25) is 5.91 Å². The molecule has 4 nitrogen and oxygen atoms in total. The first-order chi connectivity index (χ1) is 14.6. The number of fused-ring (bicyclic) bond motifs is 3. The molecule has 1 amide bonds. The Balaban J connectivity index is 1.54. The molecule has 2 aliphatic rings. The Morgan fingerprint density at radius 1 is 1.13 bits per heavy atom. The van der Waals surface area contributed by atoms with E-state index in [1.54, 1.807) is 0 Å². The van der Waals surface area contributed by atoms with Gasteiger partial charge in [0.15, 0.2) is 0 Å². The monoisotopic (exact) mass is 467 g/mol. The number of benzene rings is 2. The number of halogens is 2.